The number of amides is 1. The second-order valence-electron chi connectivity index (χ2n) is 7.36. The molecular formula is C25H24BrClN2O6S. The molecule has 0 aliphatic rings. The lowest BCUT2D eigenvalue weighted by atomic mass is 10.2. The predicted molar refractivity (Wildman–Crippen MR) is 142 cm³/mol. The van der Waals surface area contributed by atoms with Crippen molar-refractivity contribution in [1.82, 2.24) is 0 Å². The summed E-state index contributed by atoms with van der Waals surface area (Å²) in [6.45, 7) is 3.60. The molecule has 0 bridgehead atoms. The first kappa shape index (κ1) is 27.5. The van der Waals surface area contributed by atoms with Gasteiger partial charge in [0.15, 0.2) is 0 Å². The number of halogens is 2. The van der Waals surface area contributed by atoms with Gasteiger partial charge < -0.3 is 14.8 Å². The van der Waals surface area contributed by atoms with E-state index in [9.17, 15) is 18.0 Å². The Hall–Kier alpha value is -3.08. The van der Waals surface area contributed by atoms with Crippen molar-refractivity contribution in [2.24, 2.45) is 0 Å². The molecule has 36 heavy (non-hydrogen) atoms. The Morgan fingerprint density at radius 3 is 2.25 bits per heavy atom. The first-order valence-corrected chi connectivity index (χ1v) is 13.5. The number of benzene rings is 3. The molecular weight excluding hydrogens is 572 g/mol. The highest BCUT2D eigenvalue weighted by atomic mass is 79.9. The number of carbonyl (C=O) groups excluding carboxylic acids is 2. The molecule has 0 radical (unpaired) electrons. The lowest BCUT2D eigenvalue weighted by molar-refractivity contribution is -0.114. The van der Waals surface area contributed by atoms with Crippen LogP contribution in [-0.2, 0) is 19.6 Å². The molecule has 11 heteroatoms. The van der Waals surface area contributed by atoms with Crippen molar-refractivity contribution in [1.29, 1.82) is 0 Å². The van der Waals surface area contributed by atoms with Crippen molar-refractivity contribution in [2.75, 3.05) is 29.4 Å². The summed E-state index contributed by atoms with van der Waals surface area (Å²) in [6.07, 6.45) is 0. The van der Waals surface area contributed by atoms with Crippen molar-refractivity contribution in [3.63, 3.8) is 0 Å². The van der Waals surface area contributed by atoms with E-state index in [4.69, 9.17) is 21.1 Å². The molecule has 0 unspecified atom stereocenters. The zero-order valence-electron chi connectivity index (χ0n) is 19.5. The van der Waals surface area contributed by atoms with Gasteiger partial charge in [0.1, 0.15) is 12.3 Å². The van der Waals surface area contributed by atoms with Crippen LogP contribution in [0, 0.1) is 0 Å². The predicted octanol–water partition coefficient (Wildman–Crippen LogP) is 5.51. The van der Waals surface area contributed by atoms with E-state index >= 15 is 0 Å². The highest BCUT2D eigenvalue weighted by Gasteiger charge is 2.27. The van der Waals surface area contributed by atoms with E-state index < -0.39 is 28.4 Å². The molecule has 0 spiro atoms. The molecule has 3 aromatic carbocycles. The molecule has 0 atom stereocenters. The van der Waals surface area contributed by atoms with Gasteiger partial charge in [-0.2, -0.15) is 0 Å². The first-order valence-electron chi connectivity index (χ1n) is 10.9. The number of esters is 1. The van der Waals surface area contributed by atoms with Gasteiger partial charge in [-0.05, 0) is 80.6 Å². The lowest BCUT2D eigenvalue weighted by Gasteiger charge is -2.24. The van der Waals surface area contributed by atoms with Crippen LogP contribution >= 0.6 is 27.5 Å². The Bertz CT molecular complexity index is 1330. The van der Waals surface area contributed by atoms with Gasteiger partial charge in [0.2, 0.25) is 5.91 Å². The van der Waals surface area contributed by atoms with Crippen LogP contribution in [0.1, 0.15) is 24.2 Å². The first-order chi connectivity index (χ1) is 17.1. The van der Waals surface area contributed by atoms with E-state index in [0.29, 0.717) is 16.8 Å². The van der Waals surface area contributed by atoms with Crippen LogP contribution in [0.4, 0.5) is 11.4 Å². The fourth-order valence-corrected chi connectivity index (χ4v) is 5.10. The second kappa shape index (κ2) is 12.2. The van der Waals surface area contributed by atoms with E-state index in [-0.39, 0.29) is 33.5 Å². The molecule has 0 saturated heterocycles. The number of nitrogens with one attached hydrogen (secondary N) is 1. The topological polar surface area (TPSA) is 102 Å². The monoisotopic (exact) mass is 594 g/mol. The number of rotatable bonds is 10. The van der Waals surface area contributed by atoms with Crippen molar-refractivity contribution >= 4 is 60.8 Å². The van der Waals surface area contributed by atoms with Crippen molar-refractivity contribution in [3.05, 3.63) is 81.8 Å². The summed E-state index contributed by atoms with van der Waals surface area (Å²) < 4.78 is 39.2. The van der Waals surface area contributed by atoms with Gasteiger partial charge in [-0.15, -0.1) is 0 Å². The molecule has 0 aromatic heterocycles. The fourth-order valence-electron chi connectivity index (χ4n) is 3.22. The maximum absolute atomic E-state index is 13.5. The third-order valence-electron chi connectivity index (χ3n) is 4.87. The Labute approximate surface area is 223 Å². The summed E-state index contributed by atoms with van der Waals surface area (Å²) in [4.78, 5) is 25.1. The minimum Gasteiger partial charge on any atom is -0.494 e. The van der Waals surface area contributed by atoms with Gasteiger partial charge in [-0.1, -0.05) is 27.5 Å². The summed E-state index contributed by atoms with van der Waals surface area (Å²) >= 11 is 9.38. The van der Waals surface area contributed by atoms with Gasteiger partial charge in [0.25, 0.3) is 10.0 Å². The molecule has 1 amide bonds. The molecule has 0 heterocycles. The van der Waals surface area contributed by atoms with Gasteiger partial charge in [0.05, 0.1) is 34.4 Å². The number of hydrogen-bond acceptors (Lipinski definition) is 6. The zero-order valence-corrected chi connectivity index (χ0v) is 22.7. The maximum Gasteiger partial charge on any atom is 0.339 e. The second-order valence-corrected chi connectivity index (χ2v) is 10.5. The van der Waals surface area contributed by atoms with Crippen molar-refractivity contribution in [2.45, 2.75) is 18.7 Å². The number of hydrogen-bond donors (Lipinski definition) is 1. The Balaban J connectivity index is 1.91. The smallest absolute Gasteiger partial charge is 0.339 e. The quantitative estimate of drug-likeness (QED) is 0.310. The number of carbonyl (C=O) groups is 2. The lowest BCUT2D eigenvalue weighted by Crippen LogP contribution is -2.38. The Kier molecular flexibility index (Phi) is 9.36. The number of anilines is 2. The molecule has 3 aromatic rings. The number of sulfonamides is 1. The summed E-state index contributed by atoms with van der Waals surface area (Å²) in [5.41, 5.74) is 0.627. The van der Waals surface area contributed by atoms with Crippen LogP contribution in [-0.4, -0.2) is 40.1 Å². The van der Waals surface area contributed by atoms with Gasteiger partial charge in [-0.25, -0.2) is 13.2 Å². The van der Waals surface area contributed by atoms with Gasteiger partial charge >= 0.3 is 5.97 Å². The summed E-state index contributed by atoms with van der Waals surface area (Å²) in [5, 5.41) is 2.79. The summed E-state index contributed by atoms with van der Waals surface area (Å²) in [7, 11) is -4.10. The van der Waals surface area contributed by atoms with Crippen molar-refractivity contribution < 1.29 is 27.5 Å². The fraction of sp³-hybridized carbons (Fsp3) is 0.200. The molecule has 0 aliphatic carbocycles. The standard InChI is InChI=1S/C25H24BrClN2O6S/c1-3-34-20-10-8-19(9-11-20)29(36(32,33)21-12-5-17(26)6-13-21)16-24(30)28-18-7-14-23(27)22(15-18)25(31)35-4-2/h5-15H,3-4,16H2,1-2H3,(H,28,30). The van der Waals surface area contributed by atoms with Crippen LogP contribution in [0.2, 0.25) is 5.02 Å². The number of ether oxygens (including phenoxy) is 2. The SMILES string of the molecule is CCOC(=O)c1cc(NC(=O)CN(c2ccc(OCC)cc2)S(=O)(=O)c2ccc(Br)cc2)ccc1Cl. The largest absolute Gasteiger partial charge is 0.494 e. The molecule has 0 fully saturated rings. The summed E-state index contributed by atoms with van der Waals surface area (Å²) in [6, 6.07) is 16.8. The third-order valence-corrected chi connectivity index (χ3v) is 7.52. The van der Waals surface area contributed by atoms with Crippen molar-refractivity contribution in [3.8, 4) is 5.75 Å². The van der Waals surface area contributed by atoms with Gasteiger partial charge in [-0.3, -0.25) is 9.10 Å². The minimum atomic E-state index is -4.10. The van der Waals surface area contributed by atoms with Crippen LogP contribution in [0.5, 0.6) is 5.75 Å². The van der Waals surface area contributed by atoms with E-state index in [0.717, 1.165) is 4.31 Å². The van der Waals surface area contributed by atoms with E-state index in [1.165, 1.54) is 30.3 Å². The Morgan fingerprint density at radius 2 is 1.64 bits per heavy atom. The van der Waals surface area contributed by atoms with Crippen LogP contribution in [0.15, 0.2) is 76.1 Å². The number of nitrogens with zero attached hydrogens (tertiary/aromatic N) is 1. The van der Waals surface area contributed by atoms with Crippen LogP contribution in [0.3, 0.4) is 0 Å². The third kappa shape index (κ3) is 6.77. The van der Waals surface area contributed by atoms with E-state index in [2.05, 4.69) is 21.2 Å². The molecule has 8 nitrogen and oxygen atoms in total. The van der Waals surface area contributed by atoms with E-state index in [1.54, 1.807) is 43.3 Å². The average Bonchev–Trinajstić information content (AvgIpc) is 2.85. The zero-order chi connectivity index (χ0) is 26.3. The maximum atomic E-state index is 13.5. The molecule has 0 saturated carbocycles. The average molecular weight is 596 g/mol. The van der Waals surface area contributed by atoms with Crippen LogP contribution < -0.4 is 14.4 Å². The molecule has 3 rings (SSSR count). The van der Waals surface area contributed by atoms with Gasteiger partial charge in [0, 0.05) is 10.2 Å². The van der Waals surface area contributed by atoms with Crippen LogP contribution in [0.25, 0.3) is 0 Å². The highest BCUT2D eigenvalue weighted by molar-refractivity contribution is 9.10. The molecule has 1 N–H and O–H groups in total. The van der Waals surface area contributed by atoms with E-state index in [1.807, 2.05) is 6.92 Å². The minimum absolute atomic E-state index is 0.0171. The molecule has 190 valence electrons. The summed E-state index contributed by atoms with van der Waals surface area (Å²) in [5.74, 6) is -0.687. The Morgan fingerprint density at radius 1 is 0.972 bits per heavy atom. The molecule has 0 aliphatic heterocycles. The normalized spacial score (nSPS) is 11.0. The highest BCUT2D eigenvalue weighted by Crippen LogP contribution is 2.27.